The maximum Gasteiger partial charge on any atom is 0.472 e. The van der Waals surface area contributed by atoms with Crippen LogP contribution in [-0.4, -0.2) is 46.6 Å². The van der Waals surface area contributed by atoms with Gasteiger partial charge in [-0.1, -0.05) is 52.4 Å². The zero-order chi connectivity index (χ0) is 17.8. The van der Waals surface area contributed by atoms with Gasteiger partial charge in [-0.3, -0.25) is 9.05 Å². The van der Waals surface area contributed by atoms with Gasteiger partial charge in [0.1, 0.15) is 11.7 Å². The third-order valence-corrected chi connectivity index (χ3v) is 4.96. The Bertz CT molecular complexity index is 332. The van der Waals surface area contributed by atoms with Crippen LogP contribution in [0.5, 0.6) is 0 Å². The van der Waals surface area contributed by atoms with Crippen molar-refractivity contribution in [2.75, 3.05) is 19.8 Å². The highest BCUT2D eigenvalue weighted by atomic mass is 31.2. The third-order valence-electron chi connectivity index (χ3n) is 3.86. The Kier molecular flexibility index (Phi) is 12.4. The molecule has 0 aromatic carbocycles. The monoisotopic (exact) mass is 355 g/mol. The lowest BCUT2D eigenvalue weighted by Crippen LogP contribution is -2.46. The average Bonchev–Trinajstić information content (AvgIpc) is 2.52. The molecule has 140 valence electrons. The first-order valence-corrected chi connectivity index (χ1v) is 10.0. The topological polar surface area (TPSA) is 122 Å². The lowest BCUT2D eigenvalue weighted by atomic mass is 9.85. The third kappa shape index (κ3) is 9.15. The van der Waals surface area contributed by atoms with Gasteiger partial charge in [0.05, 0.1) is 13.2 Å². The molecule has 0 heterocycles. The molecule has 7 nitrogen and oxygen atoms in total. The number of rotatable bonds is 15. The van der Waals surface area contributed by atoms with E-state index in [0.717, 1.165) is 38.5 Å². The maximum atomic E-state index is 12.1. The summed E-state index contributed by atoms with van der Waals surface area (Å²) in [5.41, 5.74) is 4.00. The number of unbranched alkanes of at least 4 members (excludes halogenated alkanes) is 4. The molecule has 0 spiro atoms. The van der Waals surface area contributed by atoms with Crippen molar-refractivity contribution in [3.8, 4) is 0 Å². The Morgan fingerprint density at radius 1 is 1.13 bits per heavy atom. The molecule has 0 aromatic rings. The van der Waals surface area contributed by atoms with Crippen molar-refractivity contribution in [1.82, 2.24) is 0 Å². The van der Waals surface area contributed by atoms with Gasteiger partial charge in [0.2, 0.25) is 0 Å². The van der Waals surface area contributed by atoms with Crippen LogP contribution in [-0.2, 0) is 13.6 Å². The molecule has 1 unspecified atom stereocenters. The predicted molar refractivity (Wildman–Crippen MR) is 90.0 cm³/mol. The highest BCUT2D eigenvalue weighted by Gasteiger charge is 2.44. The number of hydrogen-bond donors (Lipinski definition) is 4. The van der Waals surface area contributed by atoms with Gasteiger partial charge >= 0.3 is 7.82 Å². The van der Waals surface area contributed by atoms with E-state index < -0.39 is 26.1 Å². The van der Waals surface area contributed by atoms with Gasteiger partial charge in [0, 0.05) is 6.54 Å². The summed E-state index contributed by atoms with van der Waals surface area (Å²) in [5, 5.41) is 19.7. The summed E-state index contributed by atoms with van der Waals surface area (Å²) in [6.07, 6.45) is 4.78. The van der Waals surface area contributed by atoms with Crippen LogP contribution >= 0.6 is 7.82 Å². The first-order valence-electron chi connectivity index (χ1n) is 8.54. The number of nitrogens with two attached hydrogens (primary N) is 1. The number of phosphoric ester groups is 1. The smallest absolute Gasteiger partial charge is 0.394 e. The fourth-order valence-corrected chi connectivity index (χ4v) is 3.70. The molecule has 0 radical (unpaired) electrons. The van der Waals surface area contributed by atoms with Gasteiger partial charge in [-0.2, -0.15) is 0 Å². The molecule has 0 aliphatic heterocycles. The summed E-state index contributed by atoms with van der Waals surface area (Å²) in [6, 6.07) is 0. The lowest BCUT2D eigenvalue weighted by molar-refractivity contribution is -0.102. The number of aliphatic hydroxyl groups is 2. The van der Waals surface area contributed by atoms with Gasteiger partial charge in [-0.15, -0.1) is 0 Å². The molecular weight excluding hydrogens is 321 g/mol. The molecule has 2 atom stereocenters. The van der Waals surface area contributed by atoms with Crippen molar-refractivity contribution in [2.24, 2.45) is 5.73 Å². The van der Waals surface area contributed by atoms with Gasteiger partial charge in [-0.25, -0.2) is 4.57 Å². The Labute approximate surface area is 139 Å². The second-order valence-corrected chi connectivity index (χ2v) is 7.24. The van der Waals surface area contributed by atoms with Crippen LogP contribution in [0.2, 0.25) is 0 Å². The zero-order valence-corrected chi connectivity index (χ0v) is 15.3. The van der Waals surface area contributed by atoms with E-state index in [-0.39, 0.29) is 13.2 Å². The highest BCUT2D eigenvalue weighted by molar-refractivity contribution is 7.47. The molecule has 5 N–H and O–H groups in total. The molecule has 0 rings (SSSR count). The Morgan fingerprint density at radius 2 is 1.65 bits per heavy atom. The van der Waals surface area contributed by atoms with Gasteiger partial charge < -0.3 is 20.8 Å². The van der Waals surface area contributed by atoms with E-state index in [4.69, 9.17) is 14.8 Å². The number of aliphatic hydroxyl groups excluding tert-OH is 2. The molecule has 0 aromatic heterocycles. The summed E-state index contributed by atoms with van der Waals surface area (Å²) in [6.45, 7) is 3.54. The summed E-state index contributed by atoms with van der Waals surface area (Å²) >= 11 is 0. The fraction of sp³-hybridized carbons (Fsp3) is 1.00. The highest BCUT2D eigenvalue weighted by Crippen LogP contribution is 2.50. The molecule has 0 amide bonds. The molecule has 23 heavy (non-hydrogen) atoms. The van der Waals surface area contributed by atoms with Gasteiger partial charge in [0.15, 0.2) is 0 Å². The van der Waals surface area contributed by atoms with E-state index in [1.54, 1.807) is 0 Å². The molecule has 0 aliphatic rings. The molecular formula is C15H34NO6P. The Hall–Kier alpha value is -0.0100. The number of hydrogen-bond acceptors (Lipinski definition) is 6. The first-order chi connectivity index (χ1) is 10.9. The van der Waals surface area contributed by atoms with Crippen LogP contribution in [0.25, 0.3) is 0 Å². The molecule has 0 saturated heterocycles. The Balaban J connectivity index is 5.19. The SMILES string of the molecule is CCCCCC(CCCCC)(OP(=O)(O)OCCN)[C@@H](O)CO. The van der Waals surface area contributed by atoms with Crippen molar-refractivity contribution >= 4 is 7.82 Å². The summed E-state index contributed by atoms with van der Waals surface area (Å²) in [4.78, 5) is 9.90. The minimum absolute atomic E-state index is 0.0924. The largest absolute Gasteiger partial charge is 0.472 e. The second-order valence-electron chi connectivity index (χ2n) is 5.86. The zero-order valence-electron chi connectivity index (χ0n) is 14.4. The second kappa shape index (κ2) is 12.4. The fourth-order valence-electron chi connectivity index (χ4n) is 2.55. The quantitative estimate of drug-likeness (QED) is 0.263. The molecule has 8 heteroatoms. The molecule has 0 fully saturated rings. The van der Waals surface area contributed by atoms with Crippen molar-refractivity contribution < 1.29 is 28.7 Å². The van der Waals surface area contributed by atoms with E-state index in [9.17, 15) is 19.7 Å². The molecule has 0 aliphatic carbocycles. The van der Waals surface area contributed by atoms with E-state index >= 15 is 0 Å². The van der Waals surface area contributed by atoms with Crippen LogP contribution in [0.15, 0.2) is 0 Å². The van der Waals surface area contributed by atoms with Crippen LogP contribution in [0.3, 0.4) is 0 Å². The van der Waals surface area contributed by atoms with E-state index in [0.29, 0.717) is 12.8 Å². The van der Waals surface area contributed by atoms with Crippen molar-refractivity contribution in [3.63, 3.8) is 0 Å². The van der Waals surface area contributed by atoms with Crippen molar-refractivity contribution in [1.29, 1.82) is 0 Å². The summed E-state index contributed by atoms with van der Waals surface area (Å²) in [5.74, 6) is 0. The predicted octanol–water partition coefficient (Wildman–Crippen LogP) is 2.33. The van der Waals surface area contributed by atoms with Crippen LogP contribution in [0.1, 0.15) is 65.2 Å². The van der Waals surface area contributed by atoms with Crippen molar-refractivity contribution in [2.45, 2.75) is 76.9 Å². The van der Waals surface area contributed by atoms with Gasteiger partial charge in [0.25, 0.3) is 0 Å². The molecule has 0 saturated carbocycles. The Morgan fingerprint density at radius 3 is 2.04 bits per heavy atom. The van der Waals surface area contributed by atoms with Crippen LogP contribution in [0, 0.1) is 0 Å². The van der Waals surface area contributed by atoms with E-state index in [1.807, 2.05) is 13.8 Å². The lowest BCUT2D eigenvalue weighted by Gasteiger charge is -2.38. The first kappa shape index (κ1) is 23.0. The van der Waals surface area contributed by atoms with Crippen LogP contribution < -0.4 is 5.73 Å². The van der Waals surface area contributed by atoms with Crippen LogP contribution in [0.4, 0.5) is 0 Å². The standard InChI is InChI=1S/C15H34NO6P/c1-3-5-7-9-15(14(18)13-17,10-8-6-4-2)22-23(19,20)21-12-11-16/h14,17-18H,3-13,16H2,1-2H3,(H,19,20)/t14-/m0/s1. The van der Waals surface area contributed by atoms with Gasteiger partial charge in [-0.05, 0) is 12.8 Å². The average molecular weight is 355 g/mol. The number of phosphoric acid groups is 1. The maximum absolute atomic E-state index is 12.1. The minimum Gasteiger partial charge on any atom is -0.394 e. The molecule has 0 bridgehead atoms. The van der Waals surface area contributed by atoms with E-state index in [2.05, 4.69) is 0 Å². The summed E-state index contributed by atoms with van der Waals surface area (Å²) < 4.78 is 22.3. The van der Waals surface area contributed by atoms with E-state index in [1.165, 1.54) is 0 Å². The summed E-state index contributed by atoms with van der Waals surface area (Å²) in [7, 11) is -4.35. The minimum atomic E-state index is -4.35. The van der Waals surface area contributed by atoms with Crippen molar-refractivity contribution in [3.05, 3.63) is 0 Å². The normalized spacial score (nSPS) is 16.3.